The van der Waals surface area contributed by atoms with E-state index in [1.54, 1.807) is 6.20 Å². The molecule has 0 saturated carbocycles. The van der Waals surface area contributed by atoms with Gasteiger partial charge in [-0.05, 0) is 33.1 Å². The first-order chi connectivity index (χ1) is 6.20. The average molecular weight is 182 g/mol. The van der Waals surface area contributed by atoms with Crippen molar-refractivity contribution < 1.29 is 4.79 Å². The molecule has 0 aromatic heterocycles. The second-order valence-electron chi connectivity index (χ2n) is 3.72. The zero-order valence-electron chi connectivity index (χ0n) is 8.47. The number of nitrogens with one attached hydrogen (secondary N) is 1. The van der Waals surface area contributed by atoms with Gasteiger partial charge in [0.25, 0.3) is 0 Å². The fourth-order valence-corrected chi connectivity index (χ4v) is 1.39. The molecule has 0 aliphatic carbocycles. The van der Waals surface area contributed by atoms with Crippen molar-refractivity contribution in [3.05, 3.63) is 11.8 Å². The standard InChI is InChI=1S/C10H18N2O/c1-9(2)8-11-10(13)12-6-4-3-5-7-12/h8H,3-7H2,1-2H3,(H,11,13). The molecular weight excluding hydrogens is 164 g/mol. The summed E-state index contributed by atoms with van der Waals surface area (Å²) in [6.07, 6.45) is 5.30. The van der Waals surface area contributed by atoms with E-state index in [1.165, 1.54) is 6.42 Å². The van der Waals surface area contributed by atoms with Crippen molar-refractivity contribution in [2.75, 3.05) is 13.1 Å². The van der Waals surface area contributed by atoms with Gasteiger partial charge in [-0.25, -0.2) is 4.79 Å². The van der Waals surface area contributed by atoms with Crippen LogP contribution in [0.1, 0.15) is 33.1 Å². The van der Waals surface area contributed by atoms with E-state index in [9.17, 15) is 4.79 Å². The van der Waals surface area contributed by atoms with Gasteiger partial charge < -0.3 is 10.2 Å². The smallest absolute Gasteiger partial charge is 0.321 e. The number of hydrogen-bond acceptors (Lipinski definition) is 1. The number of nitrogens with zero attached hydrogens (tertiary/aromatic N) is 1. The molecule has 0 unspecified atom stereocenters. The lowest BCUT2D eigenvalue weighted by atomic mass is 10.1. The first kappa shape index (κ1) is 10.1. The Kier molecular flexibility index (Phi) is 3.80. The Morgan fingerprint density at radius 2 is 1.85 bits per heavy atom. The number of carbonyl (C=O) groups is 1. The predicted octanol–water partition coefficient (Wildman–Crippen LogP) is 2.11. The molecule has 1 N–H and O–H groups in total. The summed E-state index contributed by atoms with van der Waals surface area (Å²) in [5, 5.41) is 2.78. The average Bonchev–Trinajstić information content (AvgIpc) is 2.15. The monoisotopic (exact) mass is 182 g/mol. The molecule has 0 aromatic rings. The molecule has 1 aliphatic heterocycles. The Morgan fingerprint density at radius 1 is 1.23 bits per heavy atom. The van der Waals surface area contributed by atoms with Crippen LogP contribution in [-0.4, -0.2) is 24.0 Å². The first-order valence-electron chi connectivity index (χ1n) is 4.89. The van der Waals surface area contributed by atoms with Crippen LogP contribution in [0.15, 0.2) is 11.8 Å². The lowest BCUT2D eigenvalue weighted by molar-refractivity contribution is 0.190. The molecule has 0 radical (unpaired) electrons. The molecule has 3 heteroatoms. The fourth-order valence-electron chi connectivity index (χ4n) is 1.39. The Bertz CT molecular complexity index is 201. The molecule has 1 fully saturated rings. The van der Waals surface area contributed by atoms with Crippen LogP contribution in [0.25, 0.3) is 0 Å². The molecule has 0 spiro atoms. The number of urea groups is 1. The number of likely N-dealkylation sites (tertiary alicyclic amines) is 1. The highest BCUT2D eigenvalue weighted by atomic mass is 16.2. The van der Waals surface area contributed by atoms with Crippen molar-refractivity contribution in [3.8, 4) is 0 Å². The molecule has 1 aliphatic rings. The summed E-state index contributed by atoms with van der Waals surface area (Å²) in [5.41, 5.74) is 1.12. The Labute approximate surface area is 79.8 Å². The Morgan fingerprint density at radius 3 is 2.38 bits per heavy atom. The molecule has 0 aromatic carbocycles. The minimum absolute atomic E-state index is 0.0425. The third kappa shape index (κ3) is 3.49. The summed E-state index contributed by atoms with van der Waals surface area (Å²) in [6, 6.07) is 0.0425. The molecule has 1 heterocycles. The highest BCUT2D eigenvalue weighted by molar-refractivity contribution is 5.75. The summed E-state index contributed by atoms with van der Waals surface area (Å²) in [7, 11) is 0. The van der Waals surface area contributed by atoms with Gasteiger partial charge in [0.2, 0.25) is 0 Å². The van der Waals surface area contributed by atoms with E-state index < -0.39 is 0 Å². The normalized spacial score (nSPS) is 16.6. The number of carbonyl (C=O) groups excluding carboxylic acids is 1. The molecule has 2 amide bonds. The van der Waals surface area contributed by atoms with Gasteiger partial charge in [-0.3, -0.25) is 0 Å². The molecule has 74 valence electrons. The maximum atomic E-state index is 11.5. The minimum Gasteiger partial charge on any atom is -0.325 e. The summed E-state index contributed by atoms with van der Waals surface area (Å²) in [4.78, 5) is 13.4. The lowest BCUT2D eigenvalue weighted by Gasteiger charge is -2.26. The SMILES string of the molecule is CC(C)=CNC(=O)N1CCCCC1. The number of piperidine rings is 1. The number of rotatable bonds is 1. The van der Waals surface area contributed by atoms with Crippen LogP contribution < -0.4 is 5.32 Å². The summed E-state index contributed by atoms with van der Waals surface area (Å²) < 4.78 is 0. The third-order valence-electron chi connectivity index (χ3n) is 2.13. The Balaban J connectivity index is 2.33. The summed E-state index contributed by atoms with van der Waals surface area (Å²) >= 11 is 0. The summed E-state index contributed by atoms with van der Waals surface area (Å²) in [6.45, 7) is 5.75. The van der Waals surface area contributed by atoms with Crippen molar-refractivity contribution in [2.45, 2.75) is 33.1 Å². The van der Waals surface area contributed by atoms with Gasteiger partial charge >= 0.3 is 6.03 Å². The van der Waals surface area contributed by atoms with Crippen molar-refractivity contribution in [3.63, 3.8) is 0 Å². The van der Waals surface area contributed by atoms with Gasteiger partial charge in [-0.1, -0.05) is 5.57 Å². The van der Waals surface area contributed by atoms with Gasteiger partial charge in [0.15, 0.2) is 0 Å². The number of hydrogen-bond donors (Lipinski definition) is 1. The van der Waals surface area contributed by atoms with Crippen LogP contribution in [0, 0.1) is 0 Å². The van der Waals surface area contributed by atoms with Crippen LogP contribution in [0.4, 0.5) is 4.79 Å². The van der Waals surface area contributed by atoms with Crippen LogP contribution in [-0.2, 0) is 0 Å². The van der Waals surface area contributed by atoms with E-state index in [0.29, 0.717) is 0 Å². The van der Waals surface area contributed by atoms with Gasteiger partial charge in [-0.2, -0.15) is 0 Å². The van der Waals surface area contributed by atoms with Gasteiger partial charge in [-0.15, -0.1) is 0 Å². The van der Waals surface area contributed by atoms with Crippen LogP contribution in [0.5, 0.6) is 0 Å². The second-order valence-corrected chi connectivity index (χ2v) is 3.72. The number of amides is 2. The molecule has 0 bridgehead atoms. The topological polar surface area (TPSA) is 32.3 Å². The van der Waals surface area contributed by atoms with Crippen molar-refractivity contribution in [2.24, 2.45) is 0 Å². The number of allylic oxidation sites excluding steroid dienone is 1. The van der Waals surface area contributed by atoms with Crippen LogP contribution >= 0.6 is 0 Å². The largest absolute Gasteiger partial charge is 0.325 e. The van der Waals surface area contributed by atoms with E-state index >= 15 is 0 Å². The van der Waals surface area contributed by atoms with Crippen LogP contribution in [0.3, 0.4) is 0 Å². The molecule has 13 heavy (non-hydrogen) atoms. The maximum absolute atomic E-state index is 11.5. The Hall–Kier alpha value is -0.990. The zero-order valence-corrected chi connectivity index (χ0v) is 8.47. The quantitative estimate of drug-likeness (QED) is 0.661. The van der Waals surface area contributed by atoms with E-state index in [1.807, 2.05) is 18.7 Å². The van der Waals surface area contributed by atoms with Crippen molar-refractivity contribution in [1.82, 2.24) is 10.2 Å². The maximum Gasteiger partial charge on any atom is 0.321 e. The van der Waals surface area contributed by atoms with Crippen molar-refractivity contribution in [1.29, 1.82) is 0 Å². The molecule has 1 rings (SSSR count). The predicted molar refractivity (Wildman–Crippen MR) is 53.4 cm³/mol. The van der Waals surface area contributed by atoms with E-state index in [4.69, 9.17) is 0 Å². The fraction of sp³-hybridized carbons (Fsp3) is 0.700. The van der Waals surface area contributed by atoms with Gasteiger partial charge in [0.05, 0.1) is 0 Å². The van der Waals surface area contributed by atoms with E-state index in [2.05, 4.69) is 5.32 Å². The summed E-state index contributed by atoms with van der Waals surface area (Å²) in [5.74, 6) is 0. The molecule has 0 atom stereocenters. The lowest BCUT2D eigenvalue weighted by Crippen LogP contribution is -2.40. The third-order valence-corrected chi connectivity index (χ3v) is 2.13. The highest BCUT2D eigenvalue weighted by Crippen LogP contribution is 2.08. The van der Waals surface area contributed by atoms with Gasteiger partial charge in [0, 0.05) is 19.3 Å². The second kappa shape index (κ2) is 4.90. The molecular formula is C10H18N2O. The first-order valence-corrected chi connectivity index (χ1v) is 4.89. The van der Waals surface area contributed by atoms with Crippen molar-refractivity contribution >= 4 is 6.03 Å². The van der Waals surface area contributed by atoms with E-state index in [0.717, 1.165) is 31.5 Å². The van der Waals surface area contributed by atoms with Gasteiger partial charge in [0.1, 0.15) is 0 Å². The molecule has 3 nitrogen and oxygen atoms in total. The highest BCUT2D eigenvalue weighted by Gasteiger charge is 2.14. The van der Waals surface area contributed by atoms with Crippen LogP contribution in [0.2, 0.25) is 0 Å². The zero-order chi connectivity index (χ0) is 9.68. The van der Waals surface area contributed by atoms with E-state index in [-0.39, 0.29) is 6.03 Å². The molecule has 1 saturated heterocycles. The minimum atomic E-state index is 0.0425.